The summed E-state index contributed by atoms with van der Waals surface area (Å²) >= 11 is 0. The van der Waals surface area contributed by atoms with Gasteiger partial charge in [0.2, 0.25) is 0 Å². The maximum absolute atomic E-state index is 13.4. The molecule has 1 aliphatic heterocycles. The largest absolute Gasteiger partial charge is 0.501 e. The zero-order chi connectivity index (χ0) is 31.6. The molecule has 0 radical (unpaired) electrons. The lowest BCUT2D eigenvalue weighted by molar-refractivity contribution is 0.0433. The van der Waals surface area contributed by atoms with E-state index in [1.165, 1.54) is 0 Å². The third-order valence-corrected chi connectivity index (χ3v) is 8.27. The number of nitrogens with one attached hydrogen (secondary N) is 2. The van der Waals surface area contributed by atoms with Crippen molar-refractivity contribution in [3.63, 3.8) is 0 Å². The second-order valence-corrected chi connectivity index (χ2v) is 11.4. The fraction of sp³-hybridized carbons (Fsp3) is 0.429. The first-order chi connectivity index (χ1) is 20.5. The lowest BCUT2D eigenvalue weighted by atomic mass is 9.82. The third kappa shape index (κ3) is 9.13. The van der Waals surface area contributed by atoms with E-state index in [1.807, 2.05) is 69.3 Å². The van der Waals surface area contributed by atoms with Gasteiger partial charge in [-0.05, 0) is 81.5 Å². The number of rotatable bonds is 13. The predicted molar refractivity (Wildman–Crippen MR) is 171 cm³/mol. The first kappa shape index (κ1) is 33.8. The average Bonchev–Trinajstić information content (AvgIpc) is 3.02. The Morgan fingerprint density at radius 1 is 1.14 bits per heavy atom. The van der Waals surface area contributed by atoms with Crippen molar-refractivity contribution in [1.29, 1.82) is 0 Å². The van der Waals surface area contributed by atoms with E-state index in [2.05, 4.69) is 17.2 Å². The van der Waals surface area contributed by atoms with Crippen molar-refractivity contribution in [1.82, 2.24) is 15.5 Å². The van der Waals surface area contributed by atoms with Crippen LogP contribution in [0.3, 0.4) is 0 Å². The molecule has 1 saturated heterocycles. The summed E-state index contributed by atoms with van der Waals surface area (Å²) in [5, 5.41) is 17.4. The molecule has 8 nitrogen and oxygen atoms in total. The summed E-state index contributed by atoms with van der Waals surface area (Å²) < 4.78 is 10.8. The zero-order valence-electron chi connectivity index (χ0n) is 26.4. The number of aliphatic hydroxyl groups excluding tert-OH is 1. The number of carbonyl (C=O) groups is 2. The number of benzene rings is 2. The summed E-state index contributed by atoms with van der Waals surface area (Å²) in [4.78, 5) is 28.3. The second kappa shape index (κ2) is 15.7. The summed E-state index contributed by atoms with van der Waals surface area (Å²) in [6, 6.07) is 14.3. The van der Waals surface area contributed by atoms with Gasteiger partial charge in [0.1, 0.15) is 0 Å². The molecule has 2 aromatic rings. The number of carbonyl (C=O) groups excluding carboxylic acids is 2. The summed E-state index contributed by atoms with van der Waals surface area (Å²) in [6.07, 6.45) is 6.30. The predicted octanol–water partition coefficient (Wildman–Crippen LogP) is 5.11. The minimum absolute atomic E-state index is 0.134. The van der Waals surface area contributed by atoms with Crippen LogP contribution in [0.15, 0.2) is 84.7 Å². The van der Waals surface area contributed by atoms with E-state index in [9.17, 15) is 14.7 Å². The molecule has 0 unspecified atom stereocenters. The summed E-state index contributed by atoms with van der Waals surface area (Å²) in [5.41, 5.74) is 3.10. The van der Waals surface area contributed by atoms with Crippen molar-refractivity contribution in [3.05, 3.63) is 107 Å². The van der Waals surface area contributed by atoms with Crippen molar-refractivity contribution >= 4 is 11.8 Å². The van der Waals surface area contributed by atoms with E-state index >= 15 is 0 Å². The van der Waals surface area contributed by atoms with Crippen LogP contribution in [0.25, 0.3) is 0 Å². The fourth-order valence-corrected chi connectivity index (χ4v) is 5.09. The van der Waals surface area contributed by atoms with Gasteiger partial charge in [-0.15, -0.1) is 0 Å². The monoisotopic (exact) mass is 589 g/mol. The molecule has 0 spiro atoms. The Hall–Kier alpha value is -3.72. The lowest BCUT2D eigenvalue weighted by Gasteiger charge is -2.40. The SMILES string of the molecule is C=C(/C=C\C=C(/C)OC)C1(NC[C@@H](O)[C@H](C)NC(=O)c2cc(C)cc(C(=O)N(C)[C@H](C)c3ccccc3)c2)CCOCC1. The van der Waals surface area contributed by atoms with Crippen molar-refractivity contribution in [2.75, 3.05) is 33.9 Å². The van der Waals surface area contributed by atoms with Crippen LogP contribution in [0.2, 0.25) is 0 Å². The maximum Gasteiger partial charge on any atom is 0.254 e. The summed E-state index contributed by atoms with van der Waals surface area (Å²) in [5.74, 6) is 0.267. The minimum atomic E-state index is -0.861. The molecular weight excluding hydrogens is 542 g/mol. The molecule has 0 bridgehead atoms. The Morgan fingerprint density at radius 3 is 2.44 bits per heavy atom. The Kier molecular flexibility index (Phi) is 12.3. The number of aryl methyl sites for hydroxylation is 1. The molecule has 1 fully saturated rings. The first-order valence-electron chi connectivity index (χ1n) is 14.8. The molecule has 2 amide bonds. The smallest absolute Gasteiger partial charge is 0.254 e. The van der Waals surface area contributed by atoms with Crippen LogP contribution in [-0.2, 0) is 9.47 Å². The van der Waals surface area contributed by atoms with Crippen LogP contribution in [0, 0.1) is 6.92 Å². The zero-order valence-corrected chi connectivity index (χ0v) is 26.4. The summed E-state index contributed by atoms with van der Waals surface area (Å²) in [6.45, 7) is 13.2. The maximum atomic E-state index is 13.4. The van der Waals surface area contributed by atoms with E-state index in [0.29, 0.717) is 37.2 Å². The molecule has 0 saturated carbocycles. The molecule has 43 heavy (non-hydrogen) atoms. The van der Waals surface area contributed by atoms with Gasteiger partial charge < -0.3 is 30.1 Å². The van der Waals surface area contributed by atoms with Crippen LogP contribution in [0.4, 0.5) is 0 Å². The van der Waals surface area contributed by atoms with E-state index in [-0.39, 0.29) is 24.4 Å². The highest BCUT2D eigenvalue weighted by atomic mass is 16.5. The molecule has 2 aromatic carbocycles. The van der Waals surface area contributed by atoms with Gasteiger partial charge in [-0.1, -0.05) is 49.1 Å². The summed E-state index contributed by atoms with van der Waals surface area (Å²) in [7, 11) is 3.39. The van der Waals surface area contributed by atoms with Gasteiger partial charge in [0.05, 0.1) is 31.1 Å². The highest BCUT2D eigenvalue weighted by Crippen LogP contribution is 2.29. The van der Waals surface area contributed by atoms with E-state index < -0.39 is 17.7 Å². The standard InChI is InChI=1S/C35H47N3O5/c1-24-20-30(22-31(21-24)34(41)38(6)28(5)29-14-9-8-10-15-29)33(40)37-27(4)32(39)23-36-35(16-18-43-19-17-35)25(2)12-11-13-26(3)42-7/h8-15,20-22,27-28,32,36,39H,2,16-19,23H2,1,3-7H3,(H,37,40)/b12-11-,26-13+/t27-,28+,32+/m0/s1. The van der Waals surface area contributed by atoms with Crippen molar-refractivity contribution < 1.29 is 24.2 Å². The number of methoxy groups -OCH3 is 1. The molecule has 1 aliphatic rings. The highest BCUT2D eigenvalue weighted by molar-refractivity contribution is 6.00. The lowest BCUT2D eigenvalue weighted by Crippen LogP contribution is -2.55. The van der Waals surface area contributed by atoms with Crippen LogP contribution < -0.4 is 10.6 Å². The number of hydrogen-bond donors (Lipinski definition) is 3. The number of allylic oxidation sites excluding steroid dienone is 3. The number of β-amino-alcohol motifs (C(OH)–C–C–N with tert-alkyl or cyclic N) is 1. The van der Waals surface area contributed by atoms with Gasteiger partial charge >= 0.3 is 0 Å². The normalized spacial score (nSPS) is 17.1. The second-order valence-electron chi connectivity index (χ2n) is 11.4. The minimum Gasteiger partial charge on any atom is -0.501 e. The van der Waals surface area contributed by atoms with Crippen molar-refractivity contribution in [2.24, 2.45) is 0 Å². The molecule has 0 aliphatic carbocycles. The van der Waals surface area contributed by atoms with E-state index in [1.54, 1.807) is 44.2 Å². The van der Waals surface area contributed by atoms with Crippen molar-refractivity contribution in [3.8, 4) is 0 Å². The first-order valence-corrected chi connectivity index (χ1v) is 14.8. The van der Waals surface area contributed by atoms with Crippen molar-refractivity contribution in [2.45, 2.75) is 64.3 Å². The molecular formula is C35H47N3O5. The molecule has 232 valence electrons. The topological polar surface area (TPSA) is 100 Å². The Labute approximate surface area is 256 Å². The Balaban J connectivity index is 1.65. The Morgan fingerprint density at radius 2 is 1.79 bits per heavy atom. The van der Waals surface area contributed by atoms with Crippen LogP contribution in [-0.4, -0.2) is 73.4 Å². The fourth-order valence-electron chi connectivity index (χ4n) is 5.09. The van der Waals surface area contributed by atoms with E-state index in [0.717, 1.165) is 22.5 Å². The number of ether oxygens (including phenoxy) is 2. The number of hydrogen-bond acceptors (Lipinski definition) is 6. The average molecular weight is 590 g/mol. The molecule has 3 atom stereocenters. The number of amides is 2. The quantitative estimate of drug-likeness (QED) is 0.222. The third-order valence-electron chi connectivity index (χ3n) is 8.27. The van der Waals surface area contributed by atoms with Gasteiger partial charge in [0.15, 0.2) is 0 Å². The molecule has 3 N–H and O–H groups in total. The van der Waals surface area contributed by atoms with Gasteiger partial charge in [-0.2, -0.15) is 0 Å². The van der Waals surface area contributed by atoms with Crippen LogP contribution in [0.1, 0.15) is 71.5 Å². The number of aliphatic hydroxyl groups is 1. The van der Waals surface area contributed by atoms with Gasteiger partial charge in [-0.25, -0.2) is 0 Å². The molecule has 0 aromatic heterocycles. The van der Waals surface area contributed by atoms with Gasteiger partial charge in [0, 0.05) is 43.5 Å². The van der Waals surface area contributed by atoms with Crippen LogP contribution in [0.5, 0.6) is 0 Å². The molecule has 1 heterocycles. The highest BCUT2D eigenvalue weighted by Gasteiger charge is 2.35. The number of nitrogens with zero attached hydrogens (tertiary/aromatic N) is 1. The Bertz CT molecular complexity index is 1310. The van der Waals surface area contributed by atoms with Crippen LogP contribution >= 0.6 is 0 Å². The molecule has 8 heteroatoms. The van der Waals surface area contributed by atoms with Gasteiger partial charge in [0.25, 0.3) is 11.8 Å². The van der Waals surface area contributed by atoms with Gasteiger partial charge in [-0.3, -0.25) is 9.59 Å². The molecule has 3 rings (SSSR count). The van der Waals surface area contributed by atoms with E-state index in [4.69, 9.17) is 9.47 Å².